The summed E-state index contributed by atoms with van der Waals surface area (Å²) in [6.07, 6.45) is 7.10. The number of guanidine groups is 1. The van der Waals surface area contributed by atoms with Crippen molar-refractivity contribution >= 4 is 17.7 Å². The summed E-state index contributed by atoms with van der Waals surface area (Å²) in [6, 6.07) is 0.601. The molecule has 23 heavy (non-hydrogen) atoms. The van der Waals surface area contributed by atoms with Crippen molar-refractivity contribution in [1.82, 2.24) is 10.2 Å². The van der Waals surface area contributed by atoms with Gasteiger partial charge in [0.05, 0.1) is 6.10 Å². The lowest BCUT2D eigenvalue weighted by Gasteiger charge is -2.63. The lowest BCUT2D eigenvalue weighted by Crippen LogP contribution is -2.72. The molecule has 4 fully saturated rings. The average molecular weight is 338 g/mol. The van der Waals surface area contributed by atoms with Gasteiger partial charge in [-0.1, -0.05) is 13.3 Å². The molecule has 0 aromatic rings. The van der Waals surface area contributed by atoms with Gasteiger partial charge in [0.2, 0.25) is 0 Å². The Bertz CT molecular complexity index is 465. The minimum Gasteiger partial charge on any atom is -0.377 e. The number of nitrogens with zero attached hydrogens (tertiary/aromatic N) is 2. The summed E-state index contributed by atoms with van der Waals surface area (Å²) >= 11 is 2.13. The molecular formula is C18H31N3OS. The first kappa shape index (κ1) is 16.1. The number of fused-ring (bicyclic) bond motifs is 2. The zero-order valence-corrected chi connectivity index (χ0v) is 15.4. The number of rotatable bonds is 3. The molecular weight excluding hydrogens is 306 g/mol. The van der Waals surface area contributed by atoms with Gasteiger partial charge >= 0.3 is 0 Å². The summed E-state index contributed by atoms with van der Waals surface area (Å²) in [6.45, 7) is 8.58. The van der Waals surface area contributed by atoms with Crippen molar-refractivity contribution in [2.45, 2.75) is 63.3 Å². The topological polar surface area (TPSA) is 36.9 Å². The van der Waals surface area contributed by atoms with Gasteiger partial charge in [-0.2, -0.15) is 11.8 Å². The van der Waals surface area contributed by atoms with Crippen molar-refractivity contribution in [3.63, 3.8) is 0 Å². The van der Waals surface area contributed by atoms with Crippen LogP contribution in [0, 0.1) is 11.3 Å². The maximum atomic E-state index is 6.06. The van der Waals surface area contributed by atoms with Crippen molar-refractivity contribution in [1.29, 1.82) is 0 Å². The van der Waals surface area contributed by atoms with E-state index in [4.69, 9.17) is 9.73 Å². The molecule has 0 bridgehead atoms. The van der Waals surface area contributed by atoms with Crippen LogP contribution >= 0.6 is 11.8 Å². The number of aliphatic imine (C=N–C) groups is 1. The van der Waals surface area contributed by atoms with E-state index < -0.39 is 0 Å². The Kier molecular flexibility index (Phi) is 4.52. The summed E-state index contributed by atoms with van der Waals surface area (Å²) in [5.74, 6) is 3.12. The molecule has 2 aliphatic heterocycles. The number of nitrogens with one attached hydrogen (secondary N) is 1. The zero-order chi connectivity index (χ0) is 15.9. The average Bonchev–Trinajstić information content (AvgIpc) is 2.95. The Hall–Kier alpha value is -0.420. The van der Waals surface area contributed by atoms with E-state index >= 15 is 0 Å². The van der Waals surface area contributed by atoms with E-state index in [0.717, 1.165) is 37.4 Å². The van der Waals surface area contributed by atoms with Gasteiger partial charge in [-0.25, -0.2) is 0 Å². The lowest BCUT2D eigenvalue weighted by atomic mass is 9.46. The van der Waals surface area contributed by atoms with Gasteiger partial charge in [0, 0.05) is 54.6 Å². The summed E-state index contributed by atoms with van der Waals surface area (Å²) in [5.41, 5.74) is 0.435. The van der Waals surface area contributed by atoms with Crippen molar-refractivity contribution in [3.8, 4) is 0 Å². The molecule has 130 valence electrons. The second kappa shape index (κ2) is 6.47. The first-order valence-electron chi connectivity index (χ1n) is 9.57. The summed E-state index contributed by atoms with van der Waals surface area (Å²) < 4.78 is 6.06. The molecule has 0 aromatic carbocycles. The van der Waals surface area contributed by atoms with Gasteiger partial charge in [-0.3, -0.25) is 4.99 Å². The van der Waals surface area contributed by atoms with Crippen LogP contribution in [0.15, 0.2) is 4.99 Å². The number of hydrogen-bond donors (Lipinski definition) is 1. The Labute approximate surface area is 144 Å². The number of ether oxygens (including phenoxy) is 1. The minimum absolute atomic E-state index is 0.435. The third kappa shape index (κ3) is 2.58. The molecule has 2 aliphatic carbocycles. The predicted molar refractivity (Wildman–Crippen MR) is 97.1 cm³/mol. The van der Waals surface area contributed by atoms with Gasteiger partial charge in [-0.15, -0.1) is 0 Å². The van der Waals surface area contributed by atoms with Crippen molar-refractivity contribution in [2.24, 2.45) is 16.3 Å². The molecule has 4 nitrogen and oxygen atoms in total. The van der Waals surface area contributed by atoms with Crippen LogP contribution in [-0.2, 0) is 4.74 Å². The molecule has 1 N–H and O–H groups in total. The summed E-state index contributed by atoms with van der Waals surface area (Å²) in [4.78, 5) is 7.38. The van der Waals surface area contributed by atoms with E-state index in [1.165, 1.54) is 43.8 Å². The second-order valence-corrected chi connectivity index (χ2v) is 9.01. The molecule has 0 aromatic heterocycles. The van der Waals surface area contributed by atoms with Crippen LogP contribution in [-0.4, -0.2) is 60.2 Å². The Morgan fingerprint density at radius 3 is 2.96 bits per heavy atom. The van der Waals surface area contributed by atoms with E-state index in [2.05, 4.69) is 35.8 Å². The minimum atomic E-state index is 0.435. The van der Waals surface area contributed by atoms with Gasteiger partial charge in [0.1, 0.15) is 0 Å². The monoisotopic (exact) mass is 337 g/mol. The number of thioether (sulfide) groups is 1. The molecule has 2 saturated heterocycles. The third-order valence-electron chi connectivity index (χ3n) is 6.52. The second-order valence-electron chi connectivity index (χ2n) is 7.60. The maximum absolute atomic E-state index is 6.06. The molecule has 4 rings (SSSR count). The van der Waals surface area contributed by atoms with Crippen LogP contribution in [0.5, 0.6) is 0 Å². The van der Waals surface area contributed by atoms with E-state index in [1.807, 2.05) is 0 Å². The zero-order valence-electron chi connectivity index (χ0n) is 14.6. The smallest absolute Gasteiger partial charge is 0.194 e. The molecule has 0 amide bonds. The Morgan fingerprint density at radius 1 is 1.39 bits per heavy atom. The van der Waals surface area contributed by atoms with E-state index in [-0.39, 0.29) is 0 Å². The van der Waals surface area contributed by atoms with Crippen LogP contribution in [0.4, 0.5) is 0 Å². The Morgan fingerprint density at radius 2 is 2.26 bits per heavy atom. The lowest BCUT2D eigenvalue weighted by molar-refractivity contribution is -0.171. The van der Waals surface area contributed by atoms with Crippen molar-refractivity contribution < 1.29 is 4.74 Å². The first-order valence-corrected chi connectivity index (χ1v) is 10.6. The van der Waals surface area contributed by atoms with Crippen LogP contribution in [0.2, 0.25) is 0 Å². The van der Waals surface area contributed by atoms with Crippen LogP contribution < -0.4 is 5.32 Å². The standard InChI is InChI=1S/C18H31N3OS/c1-3-13-12-21(9-11-23-13)17(19-4-2)20-15-14-6-10-22-16(14)18(15)7-5-8-18/h13-16H,3-12H2,1-2H3,(H,19,20). The summed E-state index contributed by atoms with van der Waals surface area (Å²) in [7, 11) is 0. The fourth-order valence-corrected chi connectivity index (χ4v) is 6.32. The number of hydrogen-bond acceptors (Lipinski definition) is 3. The van der Waals surface area contributed by atoms with E-state index in [0.29, 0.717) is 17.6 Å². The fourth-order valence-electron chi connectivity index (χ4n) is 5.14. The predicted octanol–water partition coefficient (Wildman–Crippen LogP) is 2.74. The molecule has 2 heterocycles. The van der Waals surface area contributed by atoms with Crippen LogP contribution in [0.3, 0.4) is 0 Å². The van der Waals surface area contributed by atoms with Gasteiger partial charge < -0.3 is 15.0 Å². The molecule has 0 radical (unpaired) electrons. The molecule has 5 heteroatoms. The van der Waals surface area contributed by atoms with Crippen molar-refractivity contribution in [2.75, 3.05) is 32.0 Å². The third-order valence-corrected chi connectivity index (χ3v) is 7.89. The highest BCUT2D eigenvalue weighted by Crippen LogP contribution is 2.62. The molecule has 1 spiro atoms. The quantitative estimate of drug-likeness (QED) is 0.635. The largest absolute Gasteiger partial charge is 0.377 e. The molecule has 4 unspecified atom stereocenters. The van der Waals surface area contributed by atoms with Gasteiger partial charge in [0.15, 0.2) is 5.96 Å². The fraction of sp³-hybridized carbons (Fsp3) is 0.944. The molecule has 4 aliphatic rings. The van der Waals surface area contributed by atoms with Crippen LogP contribution in [0.1, 0.15) is 46.0 Å². The van der Waals surface area contributed by atoms with Crippen molar-refractivity contribution in [3.05, 3.63) is 0 Å². The highest BCUT2D eigenvalue weighted by Gasteiger charge is 2.66. The van der Waals surface area contributed by atoms with Gasteiger partial charge in [-0.05, 0) is 32.6 Å². The molecule has 4 atom stereocenters. The summed E-state index contributed by atoms with van der Waals surface area (Å²) in [5, 5.41) is 4.68. The highest BCUT2D eigenvalue weighted by molar-refractivity contribution is 8.00. The van der Waals surface area contributed by atoms with Crippen LogP contribution in [0.25, 0.3) is 0 Å². The van der Waals surface area contributed by atoms with Gasteiger partial charge in [0.25, 0.3) is 0 Å². The highest BCUT2D eigenvalue weighted by atomic mass is 32.2. The van der Waals surface area contributed by atoms with E-state index in [1.54, 1.807) is 0 Å². The molecule has 2 saturated carbocycles. The Balaban J connectivity index is 1.47. The normalized spacial score (nSPS) is 38.9. The maximum Gasteiger partial charge on any atom is 0.194 e. The van der Waals surface area contributed by atoms with E-state index in [9.17, 15) is 0 Å². The SMILES string of the molecule is CCN=C(NC1C2CCOC2C12CCC2)N1CCSC(CC)C1. The first-order chi connectivity index (χ1) is 11.3.